The predicted octanol–water partition coefficient (Wildman–Crippen LogP) is -1.31. The summed E-state index contributed by atoms with van der Waals surface area (Å²) in [6.07, 6.45) is 2.92. The number of hydrogen-bond acceptors (Lipinski definition) is 13. The number of phenolic OH excluding ortho intramolecular Hbond substituents is 1. The number of carboxylic acid groups (broad SMARTS) is 2. The molecule has 1 aliphatic heterocycles. The number of H-pyrrole nitrogens is 1. The first-order valence-corrected chi connectivity index (χ1v) is 24.8. The minimum absolute atomic E-state index is 0.00211. The summed E-state index contributed by atoms with van der Waals surface area (Å²) >= 11 is 0. The molecule has 7 amide bonds. The Bertz CT molecular complexity index is 2450. The maximum atomic E-state index is 14.6. The van der Waals surface area contributed by atoms with Crippen molar-refractivity contribution in [3.63, 3.8) is 0 Å². The highest BCUT2D eigenvalue weighted by Gasteiger charge is 2.41. The normalized spacial score (nSPS) is 16.3. The number of nitrogens with two attached hydrogens (primary N) is 3. The molecule has 0 bridgehead atoms. The monoisotopic (exact) mass is 1050 g/mol. The molecule has 25 heteroatoms. The third-order valence-electron chi connectivity index (χ3n) is 12.7. The SMILES string of the molecule is CC(C)[C@H](NC(=O)[C@H](CCCN=C(N)N)NC(=O)[C@@H](N)CC(=O)O)C(=O)N[C@@H](Cc1ccc(O)cc1)C(=O)N[13C@H]([13C](=O)[15NH][C@@H](Cc1cnc[nH]1)C(=O)N1CCC[C@H]1C(=O)N[C@@H](Cc1ccccc1)C(=O)O)[13C@@H]([13CH3])[13CH2][13CH3]. The molecular formula is C50H71N13O12. The second kappa shape index (κ2) is 29.0. The highest BCUT2D eigenvalue weighted by Crippen LogP contribution is 2.21. The molecule has 75 heavy (non-hydrogen) atoms. The lowest BCUT2D eigenvalue weighted by Crippen LogP contribution is -2.62. The van der Waals surface area contributed by atoms with Gasteiger partial charge >= 0.3 is 11.9 Å². The molecule has 0 spiro atoms. The number of imidazole rings is 1. The lowest BCUT2D eigenvalue weighted by Gasteiger charge is -2.32. The van der Waals surface area contributed by atoms with Gasteiger partial charge in [-0.1, -0.05) is 76.6 Å². The van der Waals surface area contributed by atoms with Gasteiger partial charge in [0, 0.05) is 44.2 Å². The second-order valence-corrected chi connectivity index (χ2v) is 18.9. The number of aliphatic imine (C=N–C) groups is 1. The zero-order chi connectivity index (χ0) is 55.4. The summed E-state index contributed by atoms with van der Waals surface area (Å²) in [7, 11) is 0. The molecule has 1 fully saturated rings. The van der Waals surface area contributed by atoms with Crippen LogP contribution in [0.3, 0.4) is 0 Å². The van der Waals surface area contributed by atoms with E-state index in [0.717, 1.165) is 0 Å². The Hall–Kier alpha value is -8.09. The molecule has 25 nitrogen and oxygen atoms in total. The number of aromatic nitrogens is 2. The van der Waals surface area contributed by atoms with Gasteiger partial charge in [-0.15, -0.1) is 0 Å². The van der Waals surface area contributed by atoms with Crippen LogP contribution in [-0.2, 0) is 62.4 Å². The Morgan fingerprint density at radius 3 is 1.95 bits per heavy atom. The van der Waals surface area contributed by atoms with Crippen molar-refractivity contribution in [1.82, 2.24) is 46.8 Å². The zero-order valence-electron chi connectivity index (χ0n) is 42.5. The molecule has 2 heterocycles. The van der Waals surface area contributed by atoms with Crippen LogP contribution in [0.2, 0.25) is 0 Å². The summed E-state index contributed by atoms with van der Waals surface area (Å²) in [6, 6.07) is 3.95. The van der Waals surface area contributed by atoms with Gasteiger partial charge in [-0.25, -0.2) is 9.78 Å². The Labute approximate surface area is 434 Å². The molecule has 1 aromatic heterocycles. The average Bonchev–Trinajstić information content (AvgIpc) is 4.08. The minimum atomic E-state index is -1.51. The predicted molar refractivity (Wildman–Crippen MR) is 273 cm³/mol. The van der Waals surface area contributed by atoms with Crippen LogP contribution in [0.5, 0.6) is 5.75 Å². The standard InChI is InChI=1S/C50H71N13O12/c1-5-28(4)41(47(72)59-36(23-31-25-54-26-56-31)48(73)63-20-10-14-38(63)45(70)60-37(49(74)75)22-29-11-7-6-8-12-29)62-44(69)35(21-30-15-17-32(64)18-16-30)58-46(71)40(27(2)3)61-43(68)34(13-9-19-55-50(52)53)57-42(67)33(51)24-39(65)66/h6-8,11-12,15-18,25-28,33-38,40-41,64H,5,9-10,13-14,19-24,51H2,1-4H3,(H,54,56)(H,57,67)(H,58,71)(H,59,72)(H,60,70)(H,61,68)(H,62,69)(H,65,66)(H,74,75)(H4,52,53,55)/t28-,33-,34-,35-,36-,37-,38-,40-,41-/m0/s1/i1+1,4+1,5+1,28+1,41+1,47+1,59+1. The summed E-state index contributed by atoms with van der Waals surface area (Å²) < 4.78 is 0. The number of hydrogen-bond donors (Lipinski definition) is 13. The number of nitrogens with one attached hydrogen (secondary N) is 7. The van der Waals surface area contributed by atoms with Gasteiger partial charge < -0.3 is 74.3 Å². The molecule has 0 radical (unpaired) electrons. The molecule has 0 unspecified atom stereocenters. The van der Waals surface area contributed by atoms with Gasteiger partial charge in [-0.3, -0.25) is 43.3 Å². The van der Waals surface area contributed by atoms with Crippen LogP contribution in [0.25, 0.3) is 0 Å². The highest BCUT2D eigenvalue weighted by molar-refractivity contribution is 5.98. The van der Waals surface area contributed by atoms with Crippen molar-refractivity contribution < 1.29 is 58.5 Å². The number of carboxylic acids is 2. The fourth-order valence-corrected chi connectivity index (χ4v) is 8.31. The van der Waals surface area contributed by atoms with Gasteiger partial charge in [0.25, 0.3) is 0 Å². The first-order chi connectivity index (χ1) is 35.6. The summed E-state index contributed by atoms with van der Waals surface area (Å²) in [5.41, 5.74) is 18.2. The number of likely N-dealkylation sites (tertiary alicyclic amines) is 1. The van der Waals surface area contributed by atoms with Crippen LogP contribution < -0.4 is 49.1 Å². The molecule has 0 aliphatic carbocycles. The Morgan fingerprint density at radius 2 is 1.35 bits per heavy atom. The number of aromatic hydroxyl groups is 1. The van der Waals surface area contributed by atoms with E-state index in [-0.39, 0.29) is 63.3 Å². The van der Waals surface area contributed by atoms with Gasteiger partial charge in [0.1, 0.15) is 48.0 Å². The minimum Gasteiger partial charge on any atom is -0.508 e. The molecule has 2 aromatic carbocycles. The average molecular weight is 1050 g/mol. The summed E-state index contributed by atoms with van der Waals surface area (Å²) in [6.45, 7) is 6.90. The molecule has 1 aliphatic rings. The van der Waals surface area contributed by atoms with Gasteiger partial charge in [-0.05, 0) is 60.8 Å². The van der Waals surface area contributed by atoms with Crippen molar-refractivity contribution in [2.24, 2.45) is 34.0 Å². The third-order valence-corrected chi connectivity index (χ3v) is 12.7. The number of aromatic amines is 1. The van der Waals surface area contributed by atoms with E-state index in [2.05, 4.69) is 46.9 Å². The summed E-state index contributed by atoms with van der Waals surface area (Å²) in [5, 5.41) is 45.1. The maximum absolute atomic E-state index is 14.6. The zero-order valence-corrected chi connectivity index (χ0v) is 42.5. The topological polar surface area (TPSA) is 409 Å². The van der Waals surface area contributed by atoms with Gasteiger partial charge in [0.05, 0.1) is 18.8 Å². The molecule has 0 saturated carbocycles. The highest BCUT2D eigenvalue weighted by atomic mass is 16.4. The number of benzene rings is 2. The Kier molecular flexibility index (Phi) is 23.0. The molecule has 3 aromatic rings. The van der Waals surface area contributed by atoms with Gasteiger partial charge in [-0.2, -0.15) is 0 Å². The van der Waals surface area contributed by atoms with E-state index >= 15 is 0 Å². The second-order valence-electron chi connectivity index (χ2n) is 18.9. The van der Waals surface area contributed by atoms with Crippen LogP contribution in [-0.4, -0.2) is 151 Å². The van der Waals surface area contributed by atoms with E-state index in [1.54, 1.807) is 58.0 Å². The van der Waals surface area contributed by atoms with Crippen LogP contribution in [0, 0.1) is 11.8 Å². The number of nitrogens with zero attached hydrogens (tertiary/aromatic N) is 3. The molecule has 408 valence electrons. The van der Waals surface area contributed by atoms with E-state index in [0.29, 0.717) is 29.7 Å². The molecule has 9 atom stereocenters. The number of carbonyl (C=O) groups is 9. The summed E-state index contributed by atoms with van der Waals surface area (Å²) in [5.74, 6) is -9.64. The van der Waals surface area contributed by atoms with E-state index < -0.39 is 120 Å². The van der Waals surface area contributed by atoms with E-state index in [1.807, 2.05) is 0 Å². The van der Waals surface area contributed by atoms with Crippen LogP contribution in [0.1, 0.15) is 83.0 Å². The van der Waals surface area contributed by atoms with Gasteiger partial charge in [0.15, 0.2) is 5.96 Å². The number of phenols is 1. The third kappa shape index (κ3) is 18.7. The fourth-order valence-electron chi connectivity index (χ4n) is 8.31. The Balaban J connectivity index is 1.59. The lowest BCUT2D eigenvalue weighted by atomic mass is 10.00. The first-order valence-electron chi connectivity index (χ1n) is 24.8. The molecule has 16 N–H and O–H groups in total. The molecule has 1 saturated heterocycles. The number of rotatable bonds is 29. The van der Waals surface area contributed by atoms with E-state index in [1.165, 1.54) is 41.7 Å². The molecule has 4 rings (SSSR count). The number of aliphatic carboxylic acids is 2. The fraction of sp³-hybridized carbons (Fsp3) is 0.500. The van der Waals surface area contributed by atoms with E-state index in [4.69, 9.17) is 17.2 Å². The lowest BCUT2D eigenvalue weighted by molar-refractivity contribution is -0.145. The van der Waals surface area contributed by atoms with Gasteiger partial charge in [0.2, 0.25) is 41.4 Å². The van der Waals surface area contributed by atoms with Crippen LogP contribution in [0.15, 0.2) is 72.1 Å². The van der Waals surface area contributed by atoms with Crippen molar-refractivity contribution in [1.29, 1.82) is 0 Å². The van der Waals surface area contributed by atoms with Crippen LogP contribution in [0.4, 0.5) is 0 Å². The van der Waals surface area contributed by atoms with Crippen molar-refractivity contribution in [2.75, 3.05) is 13.1 Å². The smallest absolute Gasteiger partial charge is 0.326 e. The molecular weight excluding hydrogens is 982 g/mol. The number of amides is 7. The van der Waals surface area contributed by atoms with Crippen molar-refractivity contribution in [3.8, 4) is 5.75 Å². The van der Waals surface area contributed by atoms with Crippen molar-refractivity contribution >= 4 is 59.2 Å². The number of carbonyl (C=O) groups excluding carboxylic acids is 7. The number of guanidine groups is 1. The van der Waals surface area contributed by atoms with Crippen molar-refractivity contribution in [2.45, 2.75) is 134 Å². The van der Waals surface area contributed by atoms with Crippen molar-refractivity contribution in [3.05, 3.63) is 83.9 Å². The maximum Gasteiger partial charge on any atom is 0.326 e. The Morgan fingerprint density at radius 1 is 0.747 bits per heavy atom. The first kappa shape index (κ1) is 59.5. The largest absolute Gasteiger partial charge is 0.508 e. The van der Waals surface area contributed by atoms with E-state index in [9.17, 15) is 58.5 Å². The van der Waals surface area contributed by atoms with Crippen LogP contribution >= 0.6 is 0 Å². The quantitative estimate of drug-likeness (QED) is 0.0126. The summed E-state index contributed by atoms with van der Waals surface area (Å²) in [4.78, 5) is 134.